The van der Waals surface area contributed by atoms with Crippen molar-refractivity contribution < 1.29 is 4.74 Å². The minimum Gasteiger partial charge on any atom is -0.381 e. The molecule has 0 aromatic rings. The van der Waals surface area contributed by atoms with Gasteiger partial charge in [-0.15, -0.1) is 24.0 Å². The molecule has 2 rings (SSSR count). The highest BCUT2D eigenvalue weighted by Gasteiger charge is 2.25. The molecule has 0 aliphatic carbocycles. The van der Waals surface area contributed by atoms with Gasteiger partial charge in [0.05, 0.1) is 0 Å². The van der Waals surface area contributed by atoms with E-state index in [9.17, 15) is 0 Å². The van der Waals surface area contributed by atoms with Gasteiger partial charge in [-0.25, -0.2) is 0 Å². The molecule has 0 bridgehead atoms. The van der Waals surface area contributed by atoms with Crippen molar-refractivity contribution in [2.45, 2.75) is 52.0 Å². The van der Waals surface area contributed by atoms with Gasteiger partial charge in [0.25, 0.3) is 0 Å². The highest BCUT2D eigenvalue weighted by Crippen LogP contribution is 2.19. The van der Waals surface area contributed by atoms with Crippen LogP contribution in [0.15, 0.2) is 4.99 Å². The van der Waals surface area contributed by atoms with Crippen LogP contribution in [0.25, 0.3) is 0 Å². The van der Waals surface area contributed by atoms with Crippen molar-refractivity contribution in [3.05, 3.63) is 0 Å². The summed E-state index contributed by atoms with van der Waals surface area (Å²) in [5.74, 6) is 2.60. The standard InChI is InChI=1S/C19H38N4O.HI/c1-16(2)15-23-10-5-6-18(23)14-21-19(20-3)22(4)11-7-17-8-12-24-13-9-17;/h16-18H,5-15H2,1-4H3,(H,20,21);1H/t18-;/m1./s1. The average molecular weight is 466 g/mol. The van der Waals surface area contributed by atoms with E-state index in [-0.39, 0.29) is 24.0 Å². The Morgan fingerprint density at radius 3 is 2.64 bits per heavy atom. The summed E-state index contributed by atoms with van der Waals surface area (Å²) in [6.45, 7) is 11.1. The molecule has 2 heterocycles. The lowest BCUT2D eigenvalue weighted by Gasteiger charge is -2.30. The first-order chi connectivity index (χ1) is 11.6. The summed E-state index contributed by atoms with van der Waals surface area (Å²) < 4.78 is 5.45. The summed E-state index contributed by atoms with van der Waals surface area (Å²) in [5, 5.41) is 3.61. The van der Waals surface area contributed by atoms with Crippen LogP contribution in [0.1, 0.15) is 46.0 Å². The van der Waals surface area contributed by atoms with Gasteiger partial charge in [0.15, 0.2) is 5.96 Å². The van der Waals surface area contributed by atoms with E-state index < -0.39 is 0 Å². The average Bonchev–Trinajstić information content (AvgIpc) is 3.01. The van der Waals surface area contributed by atoms with Crippen molar-refractivity contribution in [3.8, 4) is 0 Å². The van der Waals surface area contributed by atoms with Crippen molar-refractivity contribution in [3.63, 3.8) is 0 Å². The molecular formula is C19H39IN4O. The Bertz CT molecular complexity index is 386. The molecule has 1 N–H and O–H groups in total. The Morgan fingerprint density at radius 2 is 2.00 bits per heavy atom. The lowest BCUT2D eigenvalue weighted by Crippen LogP contribution is -2.46. The lowest BCUT2D eigenvalue weighted by atomic mass is 9.96. The molecule has 0 amide bonds. The smallest absolute Gasteiger partial charge is 0.193 e. The first kappa shape index (κ1) is 23.0. The topological polar surface area (TPSA) is 40.1 Å². The van der Waals surface area contributed by atoms with Gasteiger partial charge in [-0.2, -0.15) is 0 Å². The maximum Gasteiger partial charge on any atom is 0.193 e. The third-order valence-electron chi connectivity index (χ3n) is 5.38. The van der Waals surface area contributed by atoms with Gasteiger partial charge >= 0.3 is 0 Å². The van der Waals surface area contributed by atoms with Gasteiger partial charge in [0.1, 0.15) is 0 Å². The van der Waals surface area contributed by atoms with Crippen LogP contribution >= 0.6 is 24.0 Å². The van der Waals surface area contributed by atoms with Crippen LogP contribution < -0.4 is 5.32 Å². The summed E-state index contributed by atoms with van der Waals surface area (Å²) in [6.07, 6.45) is 6.31. The molecule has 2 saturated heterocycles. The number of halogens is 1. The monoisotopic (exact) mass is 466 g/mol. The van der Waals surface area contributed by atoms with Crippen LogP contribution in [-0.4, -0.2) is 75.3 Å². The zero-order valence-electron chi connectivity index (χ0n) is 16.7. The van der Waals surface area contributed by atoms with Crippen molar-refractivity contribution in [2.75, 3.05) is 53.5 Å². The maximum atomic E-state index is 5.45. The fraction of sp³-hybridized carbons (Fsp3) is 0.947. The first-order valence-corrected chi connectivity index (χ1v) is 9.83. The van der Waals surface area contributed by atoms with E-state index in [0.717, 1.165) is 44.1 Å². The second-order valence-corrected chi connectivity index (χ2v) is 7.88. The SMILES string of the molecule is CN=C(NC[C@H]1CCCN1CC(C)C)N(C)CCC1CCOCC1.I. The zero-order valence-corrected chi connectivity index (χ0v) is 19.0. The predicted molar refractivity (Wildman–Crippen MR) is 117 cm³/mol. The van der Waals surface area contributed by atoms with Crippen LogP contribution in [0, 0.1) is 11.8 Å². The normalized spacial score (nSPS) is 22.9. The number of likely N-dealkylation sites (tertiary alicyclic amines) is 1. The Hall–Kier alpha value is -0.0800. The predicted octanol–water partition coefficient (Wildman–Crippen LogP) is 3.05. The van der Waals surface area contributed by atoms with Gasteiger partial charge in [-0.3, -0.25) is 9.89 Å². The molecule has 0 unspecified atom stereocenters. The molecule has 1 atom stereocenters. The number of rotatable bonds is 7. The Kier molecular flexibility index (Phi) is 11.3. The summed E-state index contributed by atoms with van der Waals surface area (Å²) in [7, 11) is 4.06. The van der Waals surface area contributed by atoms with Crippen LogP contribution in [0.3, 0.4) is 0 Å². The van der Waals surface area contributed by atoms with E-state index in [1.165, 1.54) is 45.2 Å². The van der Waals surface area contributed by atoms with Crippen LogP contribution in [0.4, 0.5) is 0 Å². The second-order valence-electron chi connectivity index (χ2n) is 7.88. The number of nitrogens with zero attached hydrogens (tertiary/aromatic N) is 3. The molecule has 148 valence electrons. The number of aliphatic imine (C=N–C) groups is 1. The van der Waals surface area contributed by atoms with Gasteiger partial charge in [-0.05, 0) is 50.5 Å². The van der Waals surface area contributed by atoms with Crippen LogP contribution in [0.2, 0.25) is 0 Å². The fourth-order valence-electron chi connectivity index (χ4n) is 3.95. The number of hydrogen-bond acceptors (Lipinski definition) is 3. The molecule has 0 spiro atoms. The Labute approximate surface area is 172 Å². The summed E-state index contributed by atoms with van der Waals surface area (Å²) in [4.78, 5) is 9.42. The fourth-order valence-corrected chi connectivity index (χ4v) is 3.95. The Balaban J connectivity index is 0.00000312. The van der Waals surface area contributed by atoms with Crippen molar-refractivity contribution in [1.82, 2.24) is 15.1 Å². The van der Waals surface area contributed by atoms with E-state index in [1.54, 1.807) is 0 Å². The van der Waals surface area contributed by atoms with Crippen molar-refractivity contribution in [1.29, 1.82) is 0 Å². The first-order valence-electron chi connectivity index (χ1n) is 9.83. The molecule has 6 heteroatoms. The van der Waals surface area contributed by atoms with E-state index in [2.05, 4.69) is 41.0 Å². The Morgan fingerprint density at radius 1 is 1.28 bits per heavy atom. The van der Waals surface area contributed by atoms with Gasteiger partial charge in [0, 0.05) is 53.0 Å². The third-order valence-corrected chi connectivity index (χ3v) is 5.38. The second kappa shape index (κ2) is 12.3. The van der Waals surface area contributed by atoms with Crippen molar-refractivity contribution >= 4 is 29.9 Å². The van der Waals surface area contributed by atoms with E-state index in [1.807, 2.05) is 7.05 Å². The van der Waals surface area contributed by atoms with E-state index >= 15 is 0 Å². The summed E-state index contributed by atoms with van der Waals surface area (Å²) >= 11 is 0. The summed E-state index contributed by atoms with van der Waals surface area (Å²) in [6, 6.07) is 0.660. The van der Waals surface area contributed by atoms with Gasteiger partial charge in [-0.1, -0.05) is 13.8 Å². The number of hydrogen-bond donors (Lipinski definition) is 1. The largest absolute Gasteiger partial charge is 0.381 e. The number of ether oxygens (including phenoxy) is 1. The highest BCUT2D eigenvalue weighted by atomic mass is 127. The molecule has 0 aromatic carbocycles. The molecule has 2 aliphatic heterocycles. The number of guanidine groups is 1. The quantitative estimate of drug-likeness (QED) is 0.356. The van der Waals surface area contributed by atoms with Crippen LogP contribution in [0.5, 0.6) is 0 Å². The van der Waals surface area contributed by atoms with Crippen molar-refractivity contribution in [2.24, 2.45) is 16.8 Å². The molecule has 5 nitrogen and oxygen atoms in total. The lowest BCUT2D eigenvalue weighted by molar-refractivity contribution is 0.0625. The molecule has 25 heavy (non-hydrogen) atoms. The minimum atomic E-state index is 0. The summed E-state index contributed by atoms with van der Waals surface area (Å²) in [5.41, 5.74) is 0. The van der Waals surface area contributed by atoms with E-state index in [4.69, 9.17) is 4.74 Å². The van der Waals surface area contributed by atoms with Gasteiger partial charge in [0.2, 0.25) is 0 Å². The minimum absolute atomic E-state index is 0. The molecule has 0 radical (unpaired) electrons. The molecule has 0 saturated carbocycles. The number of nitrogens with one attached hydrogen (secondary N) is 1. The molecule has 2 aliphatic rings. The highest BCUT2D eigenvalue weighted by molar-refractivity contribution is 14.0. The third kappa shape index (κ3) is 7.99. The molecular weight excluding hydrogens is 427 g/mol. The molecule has 2 fully saturated rings. The maximum absolute atomic E-state index is 5.45. The zero-order chi connectivity index (χ0) is 17.4. The molecule has 0 aromatic heterocycles. The van der Waals surface area contributed by atoms with E-state index in [0.29, 0.717) is 6.04 Å². The van der Waals surface area contributed by atoms with Crippen LogP contribution in [-0.2, 0) is 4.74 Å². The van der Waals surface area contributed by atoms with Gasteiger partial charge < -0.3 is 15.0 Å².